The van der Waals surface area contributed by atoms with Gasteiger partial charge in [0.25, 0.3) is 5.91 Å². The average Bonchev–Trinajstić information content (AvgIpc) is 2.43. The number of methoxy groups -OCH3 is 1. The van der Waals surface area contributed by atoms with Crippen molar-refractivity contribution in [2.24, 2.45) is 0 Å². The molecule has 0 aromatic heterocycles. The Morgan fingerprint density at radius 3 is 2.39 bits per heavy atom. The fourth-order valence-electron chi connectivity index (χ4n) is 1.45. The van der Waals surface area contributed by atoms with Crippen molar-refractivity contribution in [3.8, 4) is 0 Å². The lowest BCUT2D eigenvalue weighted by Crippen LogP contribution is -2.44. The number of hydrogen-bond donors (Lipinski definition) is 2. The number of amides is 1. The maximum absolute atomic E-state index is 11.8. The Bertz CT molecular complexity index is 414. The van der Waals surface area contributed by atoms with Crippen LogP contribution in [0.3, 0.4) is 0 Å². The molecule has 0 aliphatic heterocycles. The van der Waals surface area contributed by atoms with E-state index in [1.54, 1.807) is 12.1 Å². The second-order valence-electron chi connectivity index (χ2n) is 3.78. The molecule has 1 unspecified atom stereocenters. The molecule has 2 N–H and O–H groups in total. The Hall–Kier alpha value is -1.88. The molecule has 0 radical (unpaired) electrons. The molecule has 98 valence electrons. The van der Waals surface area contributed by atoms with Gasteiger partial charge in [0.15, 0.2) is 6.04 Å². The molecule has 0 saturated carbocycles. The van der Waals surface area contributed by atoms with Crippen molar-refractivity contribution in [2.75, 3.05) is 13.7 Å². The lowest BCUT2D eigenvalue weighted by Gasteiger charge is -2.13. The number of nitrogens with one attached hydrogen (secondary N) is 1. The summed E-state index contributed by atoms with van der Waals surface area (Å²) >= 11 is 0. The molecule has 1 amide bonds. The van der Waals surface area contributed by atoms with Gasteiger partial charge in [-0.25, -0.2) is 4.79 Å². The monoisotopic (exact) mass is 251 g/mol. The van der Waals surface area contributed by atoms with Crippen LogP contribution in [0.15, 0.2) is 24.3 Å². The first-order valence-corrected chi connectivity index (χ1v) is 5.70. The van der Waals surface area contributed by atoms with Crippen LogP contribution in [0.5, 0.6) is 0 Å². The zero-order valence-electron chi connectivity index (χ0n) is 10.5. The first kappa shape index (κ1) is 14.2. The van der Waals surface area contributed by atoms with Gasteiger partial charge >= 0.3 is 5.97 Å². The van der Waals surface area contributed by atoms with E-state index < -0.39 is 24.5 Å². The predicted molar refractivity (Wildman–Crippen MR) is 66.2 cm³/mol. The van der Waals surface area contributed by atoms with Crippen LogP contribution in [0, 0.1) is 0 Å². The number of ether oxygens (including phenoxy) is 1. The number of benzene rings is 1. The van der Waals surface area contributed by atoms with Crippen LogP contribution < -0.4 is 5.32 Å². The summed E-state index contributed by atoms with van der Waals surface area (Å²) in [6.07, 6.45) is 0.892. The average molecular weight is 251 g/mol. The van der Waals surface area contributed by atoms with Crippen LogP contribution in [0.4, 0.5) is 0 Å². The van der Waals surface area contributed by atoms with Gasteiger partial charge in [-0.1, -0.05) is 19.1 Å². The van der Waals surface area contributed by atoms with Crippen molar-refractivity contribution < 1.29 is 19.4 Å². The zero-order chi connectivity index (χ0) is 13.5. The summed E-state index contributed by atoms with van der Waals surface area (Å²) in [7, 11) is 1.20. The van der Waals surface area contributed by atoms with E-state index in [1.165, 1.54) is 7.11 Å². The van der Waals surface area contributed by atoms with Gasteiger partial charge in [-0.15, -0.1) is 0 Å². The molecule has 0 spiro atoms. The molecule has 0 saturated heterocycles. The molecule has 0 heterocycles. The van der Waals surface area contributed by atoms with Crippen molar-refractivity contribution in [3.05, 3.63) is 35.4 Å². The van der Waals surface area contributed by atoms with Gasteiger partial charge in [0, 0.05) is 5.56 Å². The predicted octanol–water partition coefficient (Wildman–Crippen LogP) is 0.513. The lowest BCUT2D eigenvalue weighted by molar-refractivity contribution is -0.143. The molecule has 1 rings (SSSR count). The first-order chi connectivity index (χ1) is 8.62. The van der Waals surface area contributed by atoms with Crippen LogP contribution >= 0.6 is 0 Å². The van der Waals surface area contributed by atoms with Crippen LogP contribution in [0.2, 0.25) is 0 Å². The summed E-state index contributed by atoms with van der Waals surface area (Å²) in [5, 5.41) is 11.4. The van der Waals surface area contributed by atoms with E-state index in [4.69, 9.17) is 5.11 Å². The van der Waals surface area contributed by atoms with Gasteiger partial charge in [-0.05, 0) is 24.1 Å². The number of hydrogen-bond acceptors (Lipinski definition) is 4. The number of aryl methyl sites for hydroxylation is 1. The van der Waals surface area contributed by atoms with E-state index in [0.29, 0.717) is 5.56 Å². The molecule has 5 nitrogen and oxygen atoms in total. The van der Waals surface area contributed by atoms with Crippen molar-refractivity contribution in [1.82, 2.24) is 5.32 Å². The van der Waals surface area contributed by atoms with E-state index in [9.17, 15) is 9.59 Å². The molecule has 0 aliphatic rings. The van der Waals surface area contributed by atoms with Gasteiger partial charge in [0.1, 0.15) is 0 Å². The minimum absolute atomic E-state index is 0.415. The second kappa shape index (κ2) is 6.76. The number of esters is 1. The summed E-state index contributed by atoms with van der Waals surface area (Å²) in [5.41, 5.74) is 1.56. The Morgan fingerprint density at radius 2 is 1.94 bits per heavy atom. The van der Waals surface area contributed by atoms with Gasteiger partial charge < -0.3 is 15.2 Å². The zero-order valence-corrected chi connectivity index (χ0v) is 10.5. The van der Waals surface area contributed by atoms with Crippen molar-refractivity contribution >= 4 is 11.9 Å². The summed E-state index contributed by atoms with van der Waals surface area (Å²) in [6, 6.07) is 6.02. The Labute approximate surface area is 106 Å². The Balaban J connectivity index is 2.71. The maximum atomic E-state index is 11.8. The molecule has 1 aromatic carbocycles. The minimum Gasteiger partial charge on any atom is -0.467 e. The highest BCUT2D eigenvalue weighted by atomic mass is 16.5. The Kier molecular flexibility index (Phi) is 5.32. The van der Waals surface area contributed by atoms with E-state index in [1.807, 2.05) is 19.1 Å². The third kappa shape index (κ3) is 3.56. The summed E-state index contributed by atoms with van der Waals surface area (Å²) < 4.78 is 4.46. The number of carbonyl (C=O) groups excluding carboxylic acids is 2. The van der Waals surface area contributed by atoms with Gasteiger partial charge in [0.05, 0.1) is 13.7 Å². The highest BCUT2D eigenvalue weighted by molar-refractivity contribution is 5.96. The van der Waals surface area contributed by atoms with Gasteiger partial charge in [-0.3, -0.25) is 4.79 Å². The summed E-state index contributed by atoms with van der Waals surface area (Å²) in [6.45, 7) is 1.53. The largest absolute Gasteiger partial charge is 0.467 e. The van der Waals surface area contributed by atoms with Crippen LogP contribution in [-0.4, -0.2) is 36.7 Å². The SMILES string of the molecule is CCc1ccc(C(=O)NC(CO)C(=O)OC)cc1. The topological polar surface area (TPSA) is 75.6 Å². The third-order valence-electron chi connectivity index (χ3n) is 2.60. The van der Waals surface area contributed by atoms with Crippen LogP contribution in [-0.2, 0) is 16.0 Å². The minimum atomic E-state index is -1.03. The number of aliphatic hydroxyl groups excluding tert-OH is 1. The smallest absolute Gasteiger partial charge is 0.330 e. The van der Waals surface area contributed by atoms with Crippen molar-refractivity contribution in [2.45, 2.75) is 19.4 Å². The second-order valence-corrected chi connectivity index (χ2v) is 3.78. The Morgan fingerprint density at radius 1 is 1.33 bits per heavy atom. The molecule has 18 heavy (non-hydrogen) atoms. The van der Waals surface area contributed by atoms with Gasteiger partial charge in [-0.2, -0.15) is 0 Å². The molecule has 0 bridgehead atoms. The first-order valence-electron chi connectivity index (χ1n) is 5.70. The van der Waals surface area contributed by atoms with E-state index in [2.05, 4.69) is 10.1 Å². The third-order valence-corrected chi connectivity index (χ3v) is 2.60. The maximum Gasteiger partial charge on any atom is 0.330 e. The van der Waals surface area contributed by atoms with E-state index >= 15 is 0 Å². The molecule has 0 fully saturated rings. The number of aliphatic hydroxyl groups is 1. The summed E-state index contributed by atoms with van der Waals surface area (Å²) in [5.74, 6) is -1.09. The highest BCUT2D eigenvalue weighted by Crippen LogP contribution is 2.05. The molecule has 0 aliphatic carbocycles. The van der Waals surface area contributed by atoms with Crippen molar-refractivity contribution in [1.29, 1.82) is 0 Å². The molecule has 1 aromatic rings. The summed E-state index contributed by atoms with van der Waals surface area (Å²) in [4.78, 5) is 23.0. The normalized spacial score (nSPS) is 11.7. The van der Waals surface area contributed by atoms with E-state index in [-0.39, 0.29) is 0 Å². The standard InChI is InChI=1S/C13H17NO4/c1-3-9-4-6-10(7-5-9)12(16)14-11(8-15)13(17)18-2/h4-7,11,15H,3,8H2,1-2H3,(H,14,16). The van der Waals surface area contributed by atoms with Crippen molar-refractivity contribution in [3.63, 3.8) is 0 Å². The highest BCUT2D eigenvalue weighted by Gasteiger charge is 2.20. The van der Waals surface area contributed by atoms with Crippen LogP contribution in [0.1, 0.15) is 22.8 Å². The quantitative estimate of drug-likeness (QED) is 0.748. The molecular formula is C13H17NO4. The number of carbonyl (C=O) groups is 2. The van der Waals surface area contributed by atoms with E-state index in [0.717, 1.165) is 12.0 Å². The fourth-order valence-corrected chi connectivity index (χ4v) is 1.45. The fraction of sp³-hybridized carbons (Fsp3) is 0.385. The lowest BCUT2D eigenvalue weighted by atomic mass is 10.1. The number of rotatable bonds is 5. The molecule has 5 heteroatoms. The van der Waals surface area contributed by atoms with Gasteiger partial charge in [0.2, 0.25) is 0 Å². The molecule has 1 atom stereocenters. The molecular weight excluding hydrogens is 234 g/mol. The van der Waals surface area contributed by atoms with Crippen LogP contribution in [0.25, 0.3) is 0 Å².